The Morgan fingerprint density at radius 3 is 2.48 bits per heavy atom. The van der Waals surface area contributed by atoms with Crippen LogP contribution in [0.15, 0.2) is 53.6 Å². The van der Waals surface area contributed by atoms with Crippen molar-refractivity contribution in [3.63, 3.8) is 0 Å². The van der Waals surface area contributed by atoms with Crippen molar-refractivity contribution in [2.75, 3.05) is 4.31 Å². The first-order valence-electron chi connectivity index (χ1n) is 8.02. The van der Waals surface area contributed by atoms with Crippen LogP contribution in [0, 0.1) is 13.8 Å². The largest absolute Gasteiger partial charge is 0.266 e. The molecule has 1 unspecified atom stereocenters. The number of hydrogen-bond acceptors (Lipinski definition) is 4. The minimum absolute atomic E-state index is 0.265. The van der Waals surface area contributed by atoms with Gasteiger partial charge in [-0.1, -0.05) is 35.0 Å². The Morgan fingerprint density at radius 1 is 1.04 bits per heavy atom. The van der Waals surface area contributed by atoms with Gasteiger partial charge in [0.15, 0.2) is 0 Å². The summed E-state index contributed by atoms with van der Waals surface area (Å²) in [4.78, 5) is 0.265. The third kappa shape index (κ3) is 2.26. The number of hydrogen-bond donors (Lipinski definition) is 0. The van der Waals surface area contributed by atoms with E-state index in [4.69, 9.17) is 0 Å². The van der Waals surface area contributed by atoms with E-state index >= 15 is 0 Å². The molecule has 128 valence electrons. The molecule has 4 rings (SSSR count). The predicted octanol–water partition coefficient (Wildman–Crippen LogP) is 3.29. The molecule has 0 aliphatic carbocycles. The van der Waals surface area contributed by atoms with Crippen LogP contribution in [0.2, 0.25) is 0 Å². The van der Waals surface area contributed by atoms with Gasteiger partial charge in [0.05, 0.1) is 22.5 Å². The molecule has 0 N–H and O–H groups in total. The zero-order valence-electron chi connectivity index (χ0n) is 14.2. The Bertz CT molecular complexity index is 1050. The molecule has 0 saturated carbocycles. The Kier molecular flexibility index (Phi) is 3.43. The highest BCUT2D eigenvalue weighted by atomic mass is 32.2. The standard InChI is InChI=1S/C18H18N4O2S/c1-12-7-9-15(10-8-12)25(23,24)22-14(3)21-17(11-19-20-21)18-13(2)5-4-6-16(18)22/h4-11,14H,1-3H3. The molecule has 1 aliphatic heterocycles. The monoisotopic (exact) mass is 354 g/mol. The fraction of sp³-hybridized carbons (Fsp3) is 0.222. The van der Waals surface area contributed by atoms with E-state index in [1.54, 1.807) is 35.1 Å². The summed E-state index contributed by atoms with van der Waals surface area (Å²) in [6, 6.07) is 12.6. The molecule has 1 aromatic heterocycles. The van der Waals surface area contributed by atoms with Crippen LogP contribution in [0.25, 0.3) is 11.3 Å². The lowest BCUT2D eigenvalue weighted by Gasteiger charge is -2.36. The molecule has 0 saturated heterocycles. The molecule has 25 heavy (non-hydrogen) atoms. The topological polar surface area (TPSA) is 68.1 Å². The lowest BCUT2D eigenvalue weighted by Crippen LogP contribution is -2.40. The summed E-state index contributed by atoms with van der Waals surface area (Å²) in [7, 11) is -3.73. The van der Waals surface area contributed by atoms with E-state index in [9.17, 15) is 8.42 Å². The lowest BCUT2D eigenvalue weighted by molar-refractivity contribution is 0.479. The zero-order valence-corrected chi connectivity index (χ0v) is 15.0. The molecule has 2 aromatic carbocycles. The van der Waals surface area contributed by atoms with Crippen molar-refractivity contribution in [3.8, 4) is 11.3 Å². The zero-order chi connectivity index (χ0) is 17.8. The summed E-state index contributed by atoms with van der Waals surface area (Å²) >= 11 is 0. The maximum atomic E-state index is 13.4. The number of fused-ring (bicyclic) bond motifs is 3. The maximum absolute atomic E-state index is 13.4. The first-order valence-corrected chi connectivity index (χ1v) is 9.46. The summed E-state index contributed by atoms with van der Waals surface area (Å²) in [5.41, 5.74) is 4.33. The molecule has 0 bridgehead atoms. The second-order valence-electron chi connectivity index (χ2n) is 6.28. The van der Waals surface area contributed by atoms with Gasteiger partial charge in [0.1, 0.15) is 6.17 Å². The Hall–Kier alpha value is -2.67. The second-order valence-corrected chi connectivity index (χ2v) is 8.09. The highest BCUT2D eigenvalue weighted by Crippen LogP contribution is 2.44. The van der Waals surface area contributed by atoms with E-state index in [-0.39, 0.29) is 4.90 Å². The van der Waals surface area contributed by atoms with Gasteiger partial charge in [-0.2, -0.15) is 0 Å². The van der Waals surface area contributed by atoms with Crippen molar-refractivity contribution in [3.05, 3.63) is 59.8 Å². The Balaban J connectivity index is 1.97. The molecule has 0 radical (unpaired) electrons. The summed E-state index contributed by atoms with van der Waals surface area (Å²) in [6.45, 7) is 5.71. The van der Waals surface area contributed by atoms with Gasteiger partial charge in [0.2, 0.25) is 0 Å². The summed E-state index contributed by atoms with van der Waals surface area (Å²) in [6.07, 6.45) is 1.18. The van der Waals surface area contributed by atoms with Gasteiger partial charge in [0, 0.05) is 5.56 Å². The van der Waals surface area contributed by atoms with E-state index in [1.165, 1.54) is 4.31 Å². The summed E-state index contributed by atoms with van der Waals surface area (Å²) in [5.74, 6) is 0. The quantitative estimate of drug-likeness (QED) is 0.708. The lowest BCUT2D eigenvalue weighted by atomic mass is 10.0. The number of aryl methyl sites for hydroxylation is 2. The molecule has 0 spiro atoms. The van der Waals surface area contributed by atoms with Gasteiger partial charge in [-0.15, -0.1) is 5.10 Å². The third-order valence-electron chi connectivity index (χ3n) is 4.59. The van der Waals surface area contributed by atoms with Crippen LogP contribution < -0.4 is 4.31 Å². The van der Waals surface area contributed by atoms with E-state index in [0.717, 1.165) is 22.4 Å². The Morgan fingerprint density at radius 2 is 1.76 bits per heavy atom. The number of anilines is 1. The fourth-order valence-electron chi connectivity index (χ4n) is 3.32. The molecule has 1 aliphatic rings. The van der Waals surface area contributed by atoms with Crippen molar-refractivity contribution in [2.45, 2.75) is 31.8 Å². The molecule has 6 nitrogen and oxygen atoms in total. The number of rotatable bonds is 2. The smallest absolute Gasteiger partial charge is 0.242 e. The Labute approximate surface area is 146 Å². The van der Waals surface area contributed by atoms with Gasteiger partial charge in [0.25, 0.3) is 10.0 Å². The van der Waals surface area contributed by atoms with Crippen LogP contribution in [0.3, 0.4) is 0 Å². The second kappa shape index (κ2) is 5.42. The minimum atomic E-state index is -3.73. The fourth-order valence-corrected chi connectivity index (χ4v) is 4.93. The predicted molar refractivity (Wildman–Crippen MR) is 95.7 cm³/mol. The van der Waals surface area contributed by atoms with E-state index in [1.807, 2.05) is 39.0 Å². The average molecular weight is 354 g/mol. The van der Waals surface area contributed by atoms with Crippen LogP contribution >= 0.6 is 0 Å². The van der Waals surface area contributed by atoms with Crippen LogP contribution in [0.4, 0.5) is 5.69 Å². The van der Waals surface area contributed by atoms with Crippen LogP contribution in [-0.2, 0) is 10.0 Å². The van der Waals surface area contributed by atoms with Crippen molar-refractivity contribution in [1.82, 2.24) is 15.0 Å². The highest BCUT2D eigenvalue weighted by molar-refractivity contribution is 7.92. The van der Waals surface area contributed by atoms with Gasteiger partial charge < -0.3 is 0 Å². The van der Waals surface area contributed by atoms with Crippen LogP contribution in [0.5, 0.6) is 0 Å². The average Bonchev–Trinajstić information content (AvgIpc) is 3.05. The first kappa shape index (κ1) is 15.8. The van der Waals surface area contributed by atoms with Crippen LogP contribution in [0.1, 0.15) is 24.2 Å². The summed E-state index contributed by atoms with van der Waals surface area (Å²) in [5, 5.41) is 8.10. The molecule has 0 fully saturated rings. The number of benzene rings is 2. The molecule has 0 amide bonds. The van der Waals surface area contributed by atoms with Gasteiger partial charge in [-0.3, -0.25) is 0 Å². The molecular weight excluding hydrogens is 336 g/mol. The van der Waals surface area contributed by atoms with E-state index in [2.05, 4.69) is 10.3 Å². The number of nitrogens with zero attached hydrogens (tertiary/aromatic N) is 4. The van der Waals surface area contributed by atoms with Crippen LogP contribution in [-0.4, -0.2) is 23.4 Å². The normalized spacial score (nSPS) is 16.4. The van der Waals surface area contributed by atoms with Gasteiger partial charge in [-0.25, -0.2) is 17.4 Å². The van der Waals surface area contributed by atoms with Crippen molar-refractivity contribution in [1.29, 1.82) is 0 Å². The third-order valence-corrected chi connectivity index (χ3v) is 6.48. The SMILES string of the molecule is Cc1ccc(S(=O)(=O)N2c3cccc(C)c3-c3cnnn3C2C)cc1. The van der Waals surface area contributed by atoms with Crippen molar-refractivity contribution < 1.29 is 8.42 Å². The molecular formula is C18H18N4O2S. The van der Waals surface area contributed by atoms with Crippen molar-refractivity contribution in [2.24, 2.45) is 0 Å². The highest BCUT2D eigenvalue weighted by Gasteiger charge is 2.38. The molecule has 7 heteroatoms. The van der Waals surface area contributed by atoms with Gasteiger partial charge in [-0.05, 0) is 44.5 Å². The van der Waals surface area contributed by atoms with E-state index < -0.39 is 16.2 Å². The maximum Gasteiger partial charge on any atom is 0.266 e. The first-order chi connectivity index (χ1) is 11.9. The molecule has 3 aromatic rings. The summed E-state index contributed by atoms with van der Waals surface area (Å²) < 4.78 is 29.8. The van der Waals surface area contributed by atoms with Gasteiger partial charge >= 0.3 is 0 Å². The number of aromatic nitrogens is 3. The molecule has 1 atom stereocenters. The van der Waals surface area contributed by atoms with Crippen molar-refractivity contribution >= 4 is 15.7 Å². The van der Waals surface area contributed by atoms with E-state index in [0.29, 0.717) is 5.69 Å². The number of sulfonamides is 1. The minimum Gasteiger partial charge on any atom is -0.242 e. The molecule has 2 heterocycles.